The fourth-order valence-corrected chi connectivity index (χ4v) is 4.20. The van der Waals surface area contributed by atoms with Crippen molar-refractivity contribution >= 4 is 29.2 Å². The van der Waals surface area contributed by atoms with Gasteiger partial charge in [0.1, 0.15) is 22.8 Å². The van der Waals surface area contributed by atoms with Gasteiger partial charge in [-0.2, -0.15) is 0 Å². The molecule has 9 nitrogen and oxygen atoms in total. The highest BCUT2D eigenvalue weighted by Crippen LogP contribution is 2.29. The number of nitrogens with one attached hydrogen (secondary N) is 2. The molecule has 0 radical (unpaired) electrons. The van der Waals surface area contributed by atoms with Crippen LogP contribution in [0.15, 0.2) is 42.7 Å². The van der Waals surface area contributed by atoms with Crippen LogP contribution < -0.4 is 15.5 Å². The number of aromatic nitrogens is 4. The molecule has 2 aromatic heterocycles. The molecule has 10 heteroatoms. The zero-order valence-electron chi connectivity index (χ0n) is 19.7. The average molecular weight is 482 g/mol. The Morgan fingerprint density at radius 1 is 1.09 bits per heavy atom. The number of halogens is 1. The minimum Gasteiger partial charge on any atom is -0.357 e. The molecule has 3 heterocycles. The second-order valence-electron chi connectivity index (χ2n) is 9.26. The maximum Gasteiger partial charge on any atom is 0.272 e. The predicted molar refractivity (Wildman–Crippen MR) is 131 cm³/mol. The zero-order chi connectivity index (χ0) is 24.5. The van der Waals surface area contributed by atoms with Crippen molar-refractivity contribution in [2.75, 3.05) is 18.5 Å². The minimum absolute atomic E-state index is 0.256. The number of anilines is 1. The van der Waals surface area contributed by atoms with E-state index >= 15 is 0 Å². The molecule has 0 unspecified atom stereocenters. The van der Waals surface area contributed by atoms with Crippen LogP contribution in [-0.4, -0.2) is 51.0 Å². The number of hydrogen-bond donors (Lipinski definition) is 2. The third-order valence-electron chi connectivity index (χ3n) is 5.82. The van der Waals surface area contributed by atoms with Gasteiger partial charge >= 0.3 is 0 Å². The van der Waals surface area contributed by atoms with Crippen LogP contribution in [0.5, 0.6) is 0 Å². The number of carbonyl (C=O) groups is 2. The summed E-state index contributed by atoms with van der Waals surface area (Å²) in [5.41, 5.74) is 1.46. The molecule has 0 fully saturated rings. The Morgan fingerprint density at radius 2 is 1.82 bits per heavy atom. The molecule has 1 atom stereocenters. The van der Waals surface area contributed by atoms with E-state index < -0.39 is 17.4 Å². The molecule has 0 aliphatic carbocycles. The molecule has 178 valence electrons. The summed E-state index contributed by atoms with van der Waals surface area (Å²) in [6.45, 7) is 7.38. The summed E-state index contributed by atoms with van der Waals surface area (Å²) in [5.74, 6) is 0.692. The van der Waals surface area contributed by atoms with Gasteiger partial charge in [-0.1, -0.05) is 62.7 Å². The maximum atomic E-state index is 13.5. The first kappa shape index (κ1) is 23.7. The first-order valence-corrected chi connectivity index (χ1v) is 11.5. The molecular formula is C24H28ClN7O2. The largest absolute Gasteiger partial charge is 0.357 e. The summed E-state index contributed by atoms with van der Waals surface area (Å²) in [4.78, 5) is 41.3. The number of nitrogens with zero attached hydrogens (tertiary/aromatic N) is 5. The van der Waals surface area contributed by atoms with E-state index in [1.165, 1.54) is 6.20 Å². The van der Waals surface area contributed by atoms with E-state index in [0.29, 0.717) is 36.4 Å². The first-order valence-electron chi connectivity index (χ1n) is 11.1. The molecule has 1 aliphatic rings. The van der Waals surface area contributed by atoms with E-state index in [4.69, 9.17) is 16.6 Å². The van der Waals surface area contributed by atoms with Crippen LogP contribution in [0.2, 0.25) is 5.15 Å². The van der Waals surface area contributed by atoms with Crippen molar-refractivity contribution in [3.63, 3.8) is 0 Å². The second-order valence-corrected chi connectivity index (χ2v) is 9.64. The van der Waals surface area contributed by atoms with Crippen molar-refractivity contribution in [1.29, 1.82) is 0 Å². The lowest BCUT2D eigenvalue weighted by molar-refractivity contribution is -0.124. The van der Waals surface area contributed by atoms with Gasteiger partial charge in [-0.25, -0.2) is 9.97 Å². The number of carbonyl (C=O) groups excluding carboxylic acids is 2. The highest BCUT2D eigenvalue weighted by atomic mass is 35.5. The van der Waals surface area contributed by atoms with Crippen molar-refractivity contribution in [1.82, 2.24) is 30.2 Å². The lowest BCUT2D eigenvalue weighted by Gasteiger charge is -2.31. The topological polar surface area (TPSA) is 105 Å². The Morgan fingerprint density at radius 3 is 2.47 bits per heavy atom. The summed E-state index contributed by atoms with van der Waals surface area (Å²) in [6, 6.07) is 9.03. The lowest BCUT2D eigenvalue weighted by atomic mass is 9.86. The fourth-order valence-electron chi connectivity index (χ4n) is 4.06. The third kappa shape index (κ3) is 4.75. The molecule has 0 spiro atoms. The number of hydrogen-bond acceptors (Lipinski definition) is 6. The van der Waals surface area contributed by atoms with Gasteiger partial charge in [0.2, 0.25) is 5.91 Å². The van der Waals surface area contributed by atoms with Gasteiger partial charge in [-0.15, -0.1) is 0 Å². The van der Waals surface area contributed by atoms with Crippen LogP contribution in [0, 0.1) is 5.41 Å². The predicted octanol–water partition coefficient (Wildman–Crippen LogP) is 2.90. The van der Waals surface area contributed by atoms with Crippen LogP contribution >= 0.6 is 11.6 Å². The Labute approximate surface area is 203 Å². The van der Waals surface area contributed by atoms with Crippen molar-refractivity contribution in [3.05, 3.63) is 59.3 Å². The normalized spacial score (nSPS) is 14.3. The molecule has 34 heavy (non-hydrogen) atoms. The maximum absolute atomic E-state index is 13.5. The van der Waals surface area contributed by atoms with Crippen LogP contribution in [-0.2, 0) is 17.9 Å². The molecule has 3 aromatic rings. The summed E-state index contributed by atoms with van der Waals surface area (Å²) in [5, 5.41) is 5.85. The second kappa shape index (κ2) is 9.42. The van der Waals surface area contributed by atoms with Gasteiger partial charge in [-0.05, 0) is 5.41 Å². The van der Waals surface area contributed by atoms with Crippen LogP contribution in [0.1, 0.15) is 37.0 Å². The highest BCUT2D eigenvalue weighted by Gasteiger charge is 2.35. The molecule has 0 saturated carbocycles. The third-order valence-corrected chi connectivity index (χ3v) is 6.00. The van der Waals surface area contributed by atoms with E-state index in [-0.39, 0.29) is 11.6 Å². The van der Waals surface area contributed by atoms with E-state index in [1.807, 2.05) is 56.0 Å². The zero-order valence-corrected chi connectivity index (χ0v) is 20.4. The van der Waals surface area contributed by atoms with Crippen molar-refractivity contribution in [2.24, 2.45) is 5.41 Å². The van der Waals surface area contributed by atoms with E-state index in [0.717, 1.165) is 11.3 Å². The standard InChI is InChI=1S/C24H28ClN7O2/c1-24(2,3)20(23(34)26-4)30-22(33)19-16-14-31(18-13-27-12-17(25)28-18)10-11-32(16)21(29-19)15-8-6-5-7-9-15/h5-9,12-13,20H,10-11,14H2,1-4H3,(H,26,34)(H,30,33)/t20-/m1/s1. The van der Waals surface area contributed by atoms with Gasteiger partial charge in [0.15, 0.2) is 5.69 Å². The Kier molecular flexibility index (Phi) is 6.56. The van der Waals surface area contributed by atoms with Crippen molar-refractivity contribution in [2.45, 2.75) is 39.9 Å². The van der Waals surface area contributed by atoms with Crippen LogP contribution in [0.4, 0.5) is 5.82 Å². The quantitative estimate of drug-likeness (QED) is 0.580. The molecule has 2 N–H and O–H groups in total. The fraction of sp³-hybridized carbons (Fsp3) is 0.375. The molecule has 4 rings (SSSR count). The number of likely N-dealkylation sites (N-methyl/N-ethyl adjacent to an activating group) is 1. The SMILES string of the molecule is CNC(=O)[C@@H](NC(=O)c1nc(-c2ccccc2)n2c1CN(c1cncc(Cl)n1)CC2)C(C)(C)C. The van der Waals surface area contributed by atoms with Crippen LogP contribution in [0.3, 0.4) is 0 Å². The Balaban J connectivity index is 1.74. The smallest absolute Gasteiger partial charge is 0.272 e. The highest BCUT2D eigenvalue weighted by molar-refractivity contribution is 6.29. The first-order chi connectivity index (χ1) is 16.2. The summed E-state index contributed by atoms with van der Waals surface area (Å²) >= 11 is 6.05. The van der Waals surface area contributed by atoms with Gasteiger partial charge in [0, 0.05) is 25.7 Å². The van der Waals surface area contributed by atoms with Crippen molar-refractivity contribution < 1.29 is 9.59 Å². The van der Waals surface area contributed by atoms with Gasteiger partial charge in [0.05, 0.1) is 24.6 Å². The summed E-state index contributed by atoms with van der Waals surface area (Å²) < 4.78 is 2.06. The van der Waals surface area contributed by atoms with Gasteiger partial charge in [-0.3, -0.25) is 14.6 Å². The Bertz CT molecular complexity index is 1200. The molecular weight excluding hydrogens is 454 g/mol. The minimum atomic E-state index is -0.721. The monoisotopic (exact) mass is 481 g/mol. The molecule has 1 aromatic carbocycles. The van der Waals surface area contributed by atoms with Crippen molar-refractivity contribution in [3.8, 4) is 11.4 Å². The average Bonchev–Trinajstić information content (AvgIpc) is 3.21. The van der Waals surface area contributed by atoms with E-state index in [2.05, 4.69) is 25.2 Å². The molecule has 0 saturated heterocycles. The molecule has 0 bridgehead atoms. The summed E-state index contributed by atoms with van der Waals surface area (Å²) in [6.07, 6.45) is 3.13. The molecule has 1 aliphatic heterocycles. The number of rotatable bonds is 5. The summed E-state index contributed by atoms with van der Waals surface area (Å²) in [7, 11) is 1.56. The number of imidazole rings is 1. The van der Waals surface area contributed by atoms with Gasteiger partial charge < -0.3 is 20.1 Å². The van der Waals surface area contributed by atoms with Crippen LogP contribution in [0.25, 0.3) is 11.4 Å². The number of fused-ring (bicyclic) bond motifs is 1. The number of amides is 2. The Hall–Kier alpha value is -3.46. The van der Waals surface area contributed by atoms with E-state index in [1.54, 1.807) is 13.2 Å². The lowest BCUT2D eigenvalue weighted by Crippen LogP contribution is -2.53. The van der Waals surface area contributed by atoms with E-state index in [9.17, 15) is 9.59 Å². The number of benzene rings is 1. The van der Waals surface area contributed by atoms with Gasteiger partial charge in [0.25, 0.3) is 5.91 Å². The molecule has 2 amide bonds.